The molecule has 0 heterocycles. The van der Waals surface area contributed by atoms with Crippen LogP contribution in [-0.4, -0.2) is 16.9 Å². The Labute approximate surface area is 127 Å². The van der Waals surface area contributed by atoms with Gasteiger partial charge in [0.15, 0.2) is 5.78 Å². The summed E-state index contributed by atoms with van der Waals surface area (Å²) in [5, 5.41) is 9.16. The lowest BCUT2D eigenvalue weighted by Gasteiger charge is -2.18. The monoisotopic (exact) mass is 290 g/mol. The Hall–Kier alpha value is -1.64. The summed E-state index contributed by atoms with van der Waals surface area (Å²) in [6.45, 7) is 8.40. The minimum atomic E-state index is -0.879. The number of Topliss-reactive ketones (excluding diaryl/α,β-unsaturated/α-hetero) is 1. The SMILES string of the molecule is CCC[C@@H](CC(=O)c1cccc(CC(C)(C)C)c1)C(=O)O. The maximum Gasteiger partial charge on any atom is 0.306 e. The number of carboxylic acid groups (broad SMARTS) is 1. The largest absolute Gasteiger partial charge is 0.481 e. The summed E-state index contributed by atoms with van der Waals surface area (Å²) >= 11 is 0. The van der Waals surface area contributed by atoms with Crippen molar-refractivity contribution < 1.29 is 14.7 Å². The van der Waals surface area contributed by atoms with Crippen molar-refractivity contribution in [2.45, 2.75) is 53.4 Å². The normalized spacial score (nSPS) is 13.0. The van der Waals surface area contributed by atoms with Crippen molar-refractivity contribution in [1.82, 2.24) is 0 Å². The van der Waals surface area contributed by atoms with Crippen molar-refractivity contribution in [3.63, 3.8) is 0 Å². The van der Waals surface area contributed by atoms with Crippen LogP contribution in [0.25, 0.3) is 0 Å². The minimum absolute atomic E-state index is 0.0772. The standard InChI is InChI=1S/C18H26O3/c1-5-7-15(17(20)21)11-16(19)14-9-6-8-13(10-14)12-18(2,3)4/h6,8-10,15H,5,7,11-12H2,1-4H3,(H,20,21)/t15-/m0/s1. The predicted octanol–water partition coefficient (Wildman–Crippen LogP) is 4.35. The molecule has 0 spiro atoms. The molecule has 0 fully saturated rings. The molecule has 1 rings (SSSR count). The molecule has 3 nitrogen and oxygen atoms in total. The van der Waals surface area contributed by atoms with Crippen molar-refractivity contribution in [2.75, 3.05) is 0 Å². The molecule has 0 aliphatic carbocycles. The van der Waals surface area contributed by atoms with Crippen LogP contribution in [0, 0.1) is 11.3 Å². The highest BCUT2D eigenvalue weighted by atomic mass is 16.4. The summed E-state index contributed by atoms with van der Waals surface area (Å²) in [6.07, 6.45) is 2.30. The lowest BCUT2D eigenvalue weighted by molar-refractivity contribution is -0.141. The molecule has 1 aromatic carbocycles. The van der Waals surface area contributed by atoms with Gasteiger partial charge in [0.2, 0.25) is 0 Å². The third-order valence-corrected chi connectivity index (χ3v) is 3.40. The molecule has 0 unspecified atom stereocenters. The smallest absolute Gasteiger partial charge is 0.306 e. The fraction of sp³-hybridized carbons (Fsp3) is 0.556. The van der Waals surface area contributed by atoms with Gasteiger partial charge < -0.3 is 5.11 Å². The van der Waals surface area contributed by atoms with E-state index in [0.717, 1.165) is 18.4 Å². The first-order chi connectivity index (χ1) is 9.73. The Morgan fingerprint density at radius 2 is 1.90 bits per heavy atom. The van der Waals surface area contributed by atoms with E-state index in [9.17, 15) is 9.59 Å². The molecule has 0 aromatic heterocycles. The third kappa shape index (κ3) is 6.11. The molecule has 0 aliphatic heterocycles. The first-order valence-electron chi connectivity index (χ1n) is 7.58. The molecule has 0 amide bonds. The van der Waals surface area contributed by atoms with E-state index in [0.29, 0.717) is 12.0 Å². The van der Waals surface area contributed by atoms with Crippen LogP contribution in [0.1, 0.15) is 62.9 Å². The Balaban J connectivity index is 2.82. The number of aliphatic carboxylic acids is 1. The Morgan fingerprint density at radius 1 is 1.24 bits per heavy atom. The number of carbonyl (C=O) groups is 2. The zero-order valence-electron chi connectivity index (χ0n) is 13.5. The Kier molecular flexibility index (Phi) is 6.13. The van der Waals surface area contributed by atoms with E-state index in [1.807, 2.05) is 25.1 Å². The van der Waals surface area contributed by atoms with E-state index in [2.05, 4.69) is 20.8 Å². The number of hydrogen-bond donors (Lipinski definition) is 1. The van der Waals surface area contributed by atoms with Gasteiger partial charge in [0.1, 0.15) is 0 Å². The van der Waals surface area contributed by atoms with Gasteiger partial charge >= 0.3 is 5.97 Å². The maximum atomic E-state index is 12.3. The van der Waals surface area contributed by atoms with Gasteiger partial charge in [-0.25, -0.2) is 0 Å². The highest BCUT2D eigenvalue weighted by Crippen LogP contribution is 2.22. The van der Waals surface area contributed by atoms with Gasteiger partial charge in [-0.3, -0.25) is 9.59 Å². The second-order valence-corrected chi connectivity index (χ2v) is 6.89. The first kappa shape index (κ1) is 17.4. The van der Waals surface area contributed by atoms with Gasteiger partial charge in [-0.05, 0) is 29.9 Å². The van der Waals surface area contributed by atoms with E-state index in [-0.39, 0.29) is 17.6 Å². The van der Waals surface area contributed by atoms with Crippen LogP contribution < -0.4 is 0 Å². The van der Waals surface area contributed by atoms with Gasteiger partial charge in [0, 0.05) is 12.0 Å². The summed E-state index contributed by atoms with van der Waals surface area (Å²) in [7, 11) is 0. The van der Waals surface area contributed by atoms with Crippen LogP contribution in [0.4, 0.5) is 0 Å². The fourth-order valence-electron chi connectivity index (χ4n) is 2.47. The summed E-state index contributed by atoms with van der Waals surface area (Å²) in [6, 6.07) is 7.57. The molecular weight excluding hydrogens is 264 g/mol. The molecule has 1 atom stereocenters. The summed E-state index contributed by atoms with van der Waals surface area (Å²) < 4.78 is 0. The molecule has 0 saturated carbocycles. The highest BCUT2D eigenvalue weighted by Gasteiger charge is 2.21. The summed E-state index contributed by atoms with van der Waals surface area (Å²) in [4.78, 5) is 23.4. The molecule has 1 aromatic rings. The Morgan fingerprint density at radius 3 is 2.43 bits per heavy atom. The van der Waals surface area contributed by atoms with E-state index in [1.165, 1.54) is 0 Å². The molecule has 0 aliphatic rings. The van der Waals surface area contributed by atoms with Crippen LogP contribution in [-0.2, 0) is 11.2 Å². The summed E-state index contributed by atoms with van der Waals surface area (Å²) in [5.74, 6) is -1.53. The van der Waals surface area contributed by atoms with Crippen molar-refractivity contribution in [3.8, 4) is 0 Å². The highest BCUT2D eigenvalue weighted by molar-refractivity contribution is 5.98. The number of carboxylic acids is 1. The van der Waals surface area contributed by atoms with Crippen molar-refractivity contribution in [2.24, 2.45) is 11.3 Å². The van der Waals surface area contributed by atoms with E-state index < -0.39 is 11.9 Å². The van der Waals surface area contributed by atoms with Gasteiger partial charge in [-0.15, -0.1) is 0 Å². The molecule has 3 heteroatoms. The molecule has 0 radical (unpaired) electrons. The molecule has 0 saturated heterocycles. The van der Waals surface area contributed by atoms with E-state index in [1.54, 1.807) is 6.07 Å². The Bertz CT molecular complexity index is 497. The zero-order chi connectivity index (χ0) is 16.0. The van der Waals surface area contributed by atoms with Crippen molar-refractivity contribution in [3.05, 3.63) is 35.4 Å². The topological polar surface area (TPSA) is 54.4 Å². The van der Waals surface area contributed by atoms with Crippen molar-refractivity contribution >= 4 is 11.8 Å². The fourth-order valence-corrected chi connectivity index (χ4v) is 2.47. The zero-order valence-corrected chi connectivity index (χ0v) is 13.5. The van der Waals surface area contributed by atoms with E-state index >= 15 is 0 Å². The van der Waals surface area contributed by atoms with Crippen LogP contribution in [0.5, 0.6) is 0 Å². The number of ketones is 1. The second-order valence-electron chi connectivity index (χ2n) is 6.89. The predicted molar refractivity (Wildman–Crippen MR) is 84.6 cm³/mol. The molecular formula is C18H26O3. The number of hydrogen-bond acceptors (Lipinski definition) is 2. The average molecular weight is 290 g/mol. The van der Waals surface area contributed by atoms with Gasteiger partial charge in [0.25, 0.3) is 0 Å². The van der Waals surface area contributed by atoms with Crippen LogP contribution in [0.15, 0.2) is 24.3 Å². The third-order valence-electron chi connectivity index (χ3n) is 3.40. The molecule has 1 N–H and O–H groups in total. The maximum absolute atomic E-state index is 12.3. The summed E-state index contributed by atoms with van der Waals surface area (Å²) in [5.41, 5.74) is 1.91. The lowest BCUT2D eigenvalue weighted by atomic mass is 9.87. The number of benzene rings is 1. The van der Waals surface area contributed by atoms with E-state index in [4.69, 9.17) is 5.11 Å². The van der Waals surface area contributed by atoms with Crippen molar-refractivity contribution in [1.29, 1.82) is 0 Å². The second kappa shape index (κ2) is 7.39. The van der Waals surface area contributed by atoms with Gasteiger partial charge in [-0.2, -0.15) is 0 Å². The molecule has 0 bridgehead atoms. The molecule has 116 valence electrons. The number of carbonyl (C=O) groups excluding carboxylic acids is 1. The average Bonchev–Trinajstić information content (AvgIpc) is 2.36. The number of rotatable bonds is 7. The minimum Gasteiger partial charge on any atom is -0.481 e. The molecule has 21 heavy (non-hydrogen) atoms. The van der Waals surface area contributed by atoms with Gasteiger partial charge in [0.05, 0.1) is 5.92 Å². The van der Waals surface area contributed by atoms with Crippen LogP contribution in [0.2, 0.25) is 0 Å². The quantitative estimate of drug-likeness (QED) is 0.760. The van der Waals surface area contributed by atoms with Crippen LogP contribution in [0.3, 0.4) is 0 Å². The first-order valence-corrected chi connectivity index (χ1v) is 7.58. The van der Waals surface area contributed by atoms with Gasteiger partial charge in [-0.1, -0.05) is 52.3 Å². The van der Waals surface area contributed by atoms with Crippen LogP contribution >= 0.6 is 0 Å². The lowest BCUT2D eigenvalue weighted by Crippen LogP contribution is -2.18.